The standard InChI is InChI=1S/C11H8ClN3O2/c12-7-4-5-13-6-9(7)15-11(17)8-2-1-3-10(16)14-8/h1-6H,(H,14,16)(H,15,17). The molecule has 2 aromatic rings. The van der Waals surface area contributed by atoms with Gasteiger partial charge in [-0.3, -0.25) is 14.6 Å². The lowest BCUT2D eigenvalue weighted by molar-refractivity contribution is 0.102. The molecule has 0 bridgehead atoms. The van der Waals surface area contributed by atoms with Crippen LogP contribution in [0, 0.1) is 0 Å². The molecule has 2 heterocycles. The van der Waals surface area contributed by atoms with E-state index in [0.29, 0.717) is 10.7 Å². The predicted octanol–water partition coefficient (Wildman–Crippen LogP) is 1.68. The lowest BCUT2D eigenvalue weighted by Gasteiger charge is -2.05. The van der Waals surface area contributed by atoms with Crippen LogP contribution in [0.15, 0.2) is 41.5 Å². The molecule has 6 heteroatoms. The number of halogens is 1. The molecule has 2 N–H and O–H groups in total. The summed E-state index contributed by atoms with van der Waals surface area (Å²) in [4.78, 5) is 29.0. The van der Waals surface area contributed by atoms with Crippen molar-refractivity contribution in [3.8, 4) is 0 Å². The molecule has 0 aromatic carbocycles. The molecule has 5 nitrogen and oxygen atoms in total. The lowest BCUT2D eigenvalue weighted by atomic mass is 10.3. The number of hydrogen-bond donors (Lipinski definition) is 2. The minimum absolute atomic E-state index is 0.164. The monoisotopic (exact) mass is 249 g/mol. The van der Waals surface area contributed by atoms with Crippen LogP contribution in [0.25, 0.3) is 0 Å². The number of amides is 1. The Balaban J connectivity index is 2.23. The Labute approximate surface area is 101 Å². The van der Waals surface area contributed by atoms with Crippen molar-refractivity contribution in [1.29, 1.82) is 0 Å². The second-order valence-electron chi connectivity index (χ2n) is 3.24. The van der Waals surface area contributed by atoms with Crippen LogP contribution in [0.5, 0.6) is 0 Å². The van der Waals surface area contributed by atoms with Crippen molar-refractivity contribution in [1.82, 2.24) is 9.97 Å². The number of carbonyl (C=O) groups is 1. The van der Waals surface area contributed by atoms with Crippen LogP contribution >= 0.6 is 11.6 Å². The molecule has 2 rings (SSSR count). The van der Waals surface area contributed by atoms with Crippen molar-refractivity contribution >= 4 is 23.2 Å². The Morgan fingerprint density at radius 1 is 1.35 bits per heavy atom. The molecule has 0 fully saturated rings. The molecule has 17 heavy (non-hydrogen) atoms. The van der Waals surface area contributed by atoms with Crippen LogP contribution in [0.4, 0.5) is 5.69 Å². The number of pyridine rings is 2. The molecule has 0 spiro atoms. The van der Waals surface area contributed by atoms with Gasteiger partial charge < -0.3 is 10.3 Å². The first-order chi connectivity index (χ1) is 8.16. The van der Waals surface area contributed by atoms with E-state index in [-0.39, 0.29) is 11.3 Å². The molecule has 86 valence electrons. The Morgan fingerprint density at radius 2 is 2.18 bits per heavy atom. The summed E-state index contributed by atoms with van der Waals surface area (Å²) in [7, 11) is 0. The molecular weight excluding hydrogens is 242 g/mol. The highest BCUT2D eigenvalue weighted by Gasteiger charge is 2.08. The third kappa shape index (κ3) is 2.70. The summed E-state index contributed by atoms with van der Waals surface area (Å²) in [6.45, 7) is 0. The summed E-state index contributed by atoms with van der Waals surface area (Å²) in [6, 6.07) is 5.89. The fraction of sp³-hybridized carbons (Fsp3) is 0. The third-order valence-corrected chi connectivity index (χ3v) is 2.36. The smallest absolute Gasteiger partial charge is 0.272 e. The number of nitrogens with one attached hydrogen (secondary N) is 2. The molecule has 2 aromatic heterocycles. The maximum Gasteiger partial charge on any atom is 0.272 e. The van der Waals surface area contributed by atoms with Gasteiger partial charge in [-0.15, -0.1) is 0 Å². The fourth-order valence-corrected chi connectivity index (χ4v) is 1.39. The number of H-pyrrole nitrogens is 1. The van der Waals surface area contributed by atoms with Crippen LogP contribution in [0.1, 0.15) is 10.5 Å². The number of aromatic nitrogens is 2. The molecule has 0 atom stereocenters. The molecule has 0 aliphatic rings. The molecule has 0 unspecified atom stereocenters. The van der Waals surface area contributed by atoms with E-state index in [1.54, 1.807) is 6.07 Å². The van der Waals surface area contributed by atoms with Gasteiger partial charge >= 0.3 is 0 Å². The van der Waals surface area contributed by atoms with E-state index in [4.69, 9.17) is 11.6 Å². The van der Waals surface area contributed by atoms with Crippen LogP contribution in [0.2, 0.25) is 5.02 Å². The minimum atomic E-state index is -0.447. The van der Waals surface area contributed by atoms with Crippen molar-refractivity contribution < 1.29 is 4.79 Å². The van der Waals surface area contributed by atoms with E-state index in [9.17, 15) is 9.59 Å². The van der Waals surface area contributed by atoms with E-state index in [2.05, 4.69) is 15.3 Å². The first-order valence-corrected chi connectivity index (χ1v) is 5.15. The number of aromatic amines is 1. The normalized spacial score (nSPS) is 9.94. The maximum atomic E-state index is 11.8. The predicted molar refractivity (Wildman–Crippen MR) is 64.3 cm³/mol. The van der Waals surface area contributed by atoms with Crippen molar-refractivity contribution in [3.05, 3.63) is 57.7 Å². The van der Waals surface area contributed by atoms with E-state index in [0.717, 1.165) is 0 Å². The van der Waals surface area contributed by atoms with Gasteiger partial charge in [0.2, 0.25) is 5.56 Å². The minimum Gasteiger partial charge on any atom is -0.318 e. The van der Waals surface area contributed by atoms with Crippen molar-refractivity contribution in [2.75, 3.05) is 5.32 Å². The Kier molecular flexibility index (Phi) is 3.20. The largest absolute Gasteiger partial charge is 0.318 e. The number of nitrogens with zero attached hydrogens (tertiary/aromatic N) is 1. The van der Waals surface area contributed by atoms with E-state index < -0.39 is 5.91 Å². The van der Waals surface area contributed by atoms with Crippen molar-refractivity contribution in [2.24, 2.45) is 0 Å². The van der Waals surface area contributed by atoms with Gasteiger partial charge in [0.15, 0.2) is 0 Å². The Hall–Kier alpha value is -2.14. The van der Waals surface area contributed by atoms with Crippen LogP contribution in [-0.4, -0.2) is 15.9 Å². The molecule has 1 amide bonds. The highest BCUT2D eigenvalue weighted by molar-refractivity contribution is 6.33. The quantitative estimate of drug-likeness (QED) is 0.850. The zero-order valence-electron chi connectivity index (χ0n) is 8.61. The highest BCUT2D eigenvalue weighted by atomic mass is 35.5. The van der Waals surface area contributed by atoms with Gasteiger partial charge in [-0.25, -0.2) is 0 Å². The first kappa shape index (κ1) is 11.3. The Morgan fingerprint density at radius 3 is 2.88 bits per heavy atom. The Bertz CT molecular complexity index is 609. The lowest BCUT2D eigenvalue weighted by Crippen LogP contribution is -2.18. The fourth-order valence-electron chi connectivity index (χ4n) is 1.24. The third-order valence-electron chi connectivity index (χ3n) is 2.03. The first-order valence-electron chi connectivity index (χ1n) is 4.77. The van der Waals surface area contributed by atoms with Gasteiger partial charge in [-0.1, -0.05) is 17.7 Å². The summed E-state index contributed by atoms with van der Waals surface area (Å²) in [6.07, 6.45) is 2.95. The topological polar surface area (TPSA) is 74.8 Å². The number of rotatable bonds is 2. The summed E-state index contributed by atoms with van der Waals surface area (Å²) < 4.78 is 0. The van der Waals surface area contributed by atoms with Crippen molar-refractivity contribution in [3.63, 3.8) is 0 Å². The second kappa shape index (κ2) is 4.80. The molecule has 0 saturated carbocycles. The highest BCUT2D eigenvalue weighted by Crippen LogP contribution is 2.19. The molecule has 0 saturated heterocycles. The molecular formula is C11H8ClN3O2. The number of hydrogen-bond acceptors (Lipinski definition) is 3. The van der Waals surface area contributed by atoms with Gasteiger partial charge in [0.25, 0.3) is 5.91 Å². The number of anilines is 1. The van der Waals surface area contributed by atoms with Gasteiger partial charge in [-0.05, 0) is 12.1 Å². The second-order valence-corrected chi connectivity index (χ2v) is 3.65. The molecule has 0 radical (unpaired) electrons. The van der Waals surface area contributed by atoms with Crippen LogP contribution in [-0.2, 0) is 0 Å². The van der Waals surface area contributed by atoms with Gasteiger partial charge in [0.05, 0.1) is 16.9 Å². The van der Waals surface area contributed by atoms with Crippen molar-refractivity contribution in [2.45, 2.75) is 0 Å². The zero-order valence-corrected chi connectivity index (χ0v) is 9.36. The van der Waals surface area contributed by atoms with Crippen LogP contribution < -0.4 is 10.9 Å². The zero-order chi connectivity index (χ0) is 12.3. The van der Waals surface area contributed by atoms with E-state index in [1.807, 2.05) is 0 Å². The summed E-state index contributed by atoms with van der Waals surface area (Å²) in [5.74, 6) is -0.447. The average molecular weight is 250 g/mol. The van der Waals surface area contributed by atoms with Crippen LogP contribution in [0.3, 0.4) is 0 Å². The number of carbonyl (C=O) groups excluding carboxylic acids is 1. The molecule has 0 aliphatic carbocycles. The van der Waals surface area contributed by atoms with Gasteiger partial charge in [-0.2, -0.15) is 0 Å². The summed E-state index contributed by atoms with van der Waals surface area (Å²) in [5, 5.41) is 2.93. The summed E-state index contributed by atoms with van der Waals surface area (Å²) in [5.41, 5.74) is 0.219. The maximum absolute atomic E-state index is 11.8. The van der Waals surface area contributed by atoms with Gasteiger partial charge in [0, 0.05) is 12.3 Å². The average Bonchev–Trinajstić information content (AvgIpc) is 2.32. The van der Waals surface area contributed by atoms with Gasteiger partial charge in [0.1, 0.15) is 5.69 Å². The molecule has 0 aliphatic heterocycles. The summed E-state index contributed by atoms with van der Waals surface area (Å²) >= 11 is 5.86. The van der Waals surface area contributed by atoms with E-state index in [1.165, 1.54) is 30.6 Å². The van der Waals surface area contributed by atoms with E-state index >= 15 is 0 Å². The SMILES string of the molecule is O=C(Nc1cnccc1Cl)c1cccc(=O)[nH]1.